The van der Waals surface area contributed by atoms with Gasteiger partial charge >= 0.3 is 0 Å². The van der Waals surface area contributed by atoms with Gasteiger partial charge in [-0.2, -0.15) is 0 Å². The predicted molar refractivity (Wildman–Crippen MR) is 63.4 cm³/mol. The lowest BCUT2D eigenvalue weighted by Crippen LogP contribution is -2.40. The van der Waals surface area contributed by atoms with Gasteiger partial charge in [0.15, 0.2) is 0 Å². The van der Waals surface area contributed by atoms with Gasteiger partial charge in [0.1, 0.15) is 0 Å². The molecule has 0 aliphatic heterocycles. The van der Waals surface area contributed by atoms with Crippen molar-refractivity contribution < 1.29 is 13.2 Å². The molecule has 7 heteroatoms. The highest BCUT2D eigenvalue weighted by Gasteiger charge is 2.13. The Bertz CT molecular complexity index is 316. The fourth-order valence-corrected chi connectivity index (χ4v) is 2.16. The number of carbonyl (C=O) groups excluding carboxylic acids is 1. The van der Waals surface area contributed by atoms with Crippen LogP contribution in [0.5, 0.6) is 0 Å². The monoisotopic (exact) mass is 251 g/mol. The van der Waals surface area contributed by atoms with Crippen LogP contribution in [0.1, 0.15) is 20.3 Å². The van der Waals surface area contributed by atoms with Crippen LogP contribution in [0.25, 0.3) is 0 Å². The van der Waals surface area contributed by atoms with Gasteiger partial charge in [-0.1, -0.05) is 6.92 Å². The van der Waals surface area contributed by atoms with Crippen LogP contribution in [-0.4, -0.2) is 50.6 Å². The second-order valence-electron chi connectivity index (χ2n) is 3.69. The van der Waals surface area contributed by atoms with Crippen LogP contribution < -0.4 is 11.1 Å². The lowest BCUT2D eigenvalue weighted by molar-refractivity contribution is -0.119. The van der Waals surface area contributed by atoms with E-state index in [0.29, 0.717) is 26.1 Å². The Morgan fingerprint density at radius 3 is 2.44 bits per heavy atom. The SMILES string of the molecule is CCN(CCCNC(C)C(N)=O)S(C)(=O)=O. The van der Waals surface area contributed by atoms with Gasteiger partial charge in [-0.25, -0.2) is 12.7 Å². The van der Waals surface area contributed by atoms with Crippen LogP contribution in [0.2, 0.25) is 0 Å². The molecule has 0 rings (SSSR count). The van der Waals surface area contributed by atoms with Crippen molar-refractivity contribution in [1.29, 1.82) is 0 Å². The van der Waals surface area contributed by atoms with Gasteiger partial charge in [-0.3, -0.25) is 4.79 Å². The molecule has 0 saturated heterocycles. The van der Waals surface area contributed by atoms with Crippen molar-refractivity contribution in [3.05, 3.63) is 0 Å². The number of nitrogens with one attached hydrogen (secondary N) is 1. The summed E-state index contributed by atoms with van der Waals surface area (Å²) in [7, 11) is -3.12. The number of nitrogens with two attached hydrogens (primary N) is 1. The zero-order valence-corrected chi connectivity index (χ0v) is 10.9. The lowest BCUT2D eigenvalue weighted by Gasteiger charge is -2.18. The van der Waals surface area contributed by atoms with Crippen molar-refractivity contribution in [3.63, 3.8) is 0 Å². The molecule has 0 heterocycles. The van der Waals surface area contributed by atoms with Crippen LogP contribution in [0.4, 0.5) is 0 Å². The molecular weight excluding hydrogens is 230 g/mol. The molecular formula is C9H21N3O3S. The van der Waals surface area contributed by atoms with Crippen molar-refractivity contribution in [2.75, 3.05) is 25.9 Å². The van der Waals surface area contributed by atoms with E-state index in [1.165, 1.54) is 10.6 Å². The molecule has 0 aliphatic rings. The van der Waals surface area contributed by atoms with Crippen LogP contribution in [0, 0.1) is 0 Å². The molecule has 96 valence electrons. The molecule has 0 saturated carbocycles. The normalized spacial score (nSPS) is 14.0. The van der Waals surface area contributed by atoms with E-state index >= 15 is 0 Å². The fourth-order valence-electron chi connectivity index (χ4n) is 1.23. The molecule has 3 N–H and O–H groups in total. The summed E-state index contributed by atoms with van der Waals surface area (Å²) < 4.78 is 23.9. The number of hydrogen-bond acceptors (Lipinski definition) is 4. The molecule has 0 spiro atoms. The third-order valence-corrected chi connectivity index (χ3v) is 3.66. The molecule has 16 heavy (non-hydrogen) atoms. The second kappa shape index (κ2) is 6.82. The van der Waals surface area contributed by atoms with Crippen LogP contribution in [0.3, 0.4) is 0 Å². The zero-order chi connectivity index (χ0) is 12.8. The minimum atomic E-state index is -3.12. The smallest absolute Gasteiger partial charge is 0.234 e. The Labute approximate surface area is 97.2 Å². The number of nitrogens with zero attached hydrogens (tertiary/aromatic N) is 1. The van der Waals surface area contributed by atoms with E-state index in [0.717, 1.165) is 0 Å². The summed E-state index contributed by atoms with van der Waals surface area (Å²) in [5.41, 5.74) is 5.07. The Balaban J connectivity index is 3.85. The van der Waals surface area contributed by atoms with Crippen molar-refractivity contribution in [3.8, 4) is 0 Å². The number of carbonyl (C=O) groups is 1. The van der Waals surface area contributed by atoms with Crippen LogP contribution >= 0.6 is 0 Å². The minimum absolute atomic E-state index is 0.381. The van der Waals surface area contributed by atoms with E-state index in [2.05, 4.69) is 5.32 Å². The van der Waals surface area contributed by atoms with Gasteiger partial charge in [0.05, 0.1) is 12.3 Å². The van der Waals surface area contributed by atoms with Gasteiger partial charge < -0.3 is 11.1 Å². The summed E-state index contributed by atoms with van der Waals surface area (Å²) in [4.78, 5) is 10.7. The first-order valence-electron chi connectivity index (χ1n) is 5.26. The summed E-state index contributed by atoms with van der Waals surface area (Å²) in [5, 5.41) is 2.92. The molecule has 1 unspecified atom stereocenters. The van der Waals surface area contributed by atoms with E-state index in [1.807, 2.05) is 0 Å². The number of rotatable bonds is 8. The maximum atomic E-state index is 11.2. The van der Waals surface area contributed by atoms with Gasteiger partial charge in [-0.05, 0) is 19.9 Å². The average molecular weight is 251 g/mol. The second-order valence-corrected chi connectivity index (χ2v) is 5.67. The van der Waals surface area contributed by atoms with Gasteiger partial charge in [0, 0.05) is 13.1 Å². The molecule has 0 aromatic heterocycles. The van der Waals surface area contributed by atoms with E-state index in [4.69, 9.17) is 5.73 Å². The van der Waals surface area contributed by atoms with E-state index in [-0.39, 0.29) is 6.04 Å². The van der Waals surface area contributed by atoms with E-state index in [1.54, 1.807) is 13.8 Å². The van der Waals surface area contributed by atoms with Gasteiger partial charge in [0.25, 0.3) is 0 Å². The highest BCUT2D eigenvalue weighted by atomic mass is 32.2. The topological polar surface area (TPSA) is 92.5 Å². The number of sulfonamides is 1. The Morgan fingerprint density at radius 2 is 2.06 bits per heavy atom. The van der Waals surface area contributed by atoms with Crippen molar-refractivity contribution in [2.24, 2.45) is 5.73 Å². The highest BCUT2D eigenvalue weighted by molar-refractivity contribution is 7.88. The summed E-state index contributed by atoms with van der Waals surface area (Å²) in [6.07, 6.45) is 1.84. The first-order valence-corrected chi connectivity index (χ1v) is 7.11. The summed E-state index contributed by atoms with van der Waals surface area (Å²) in [5.74, 6) is -0.407. The number of amides is 1. The first-order chi connectivity index (χ1) is 7.29. The maximum Gasteiger partial charge on any atom is 0.234 e. The molecule has 0 fully saturated rings. The maximum absolute atomic E-state index is 11.2. The van der Waals surface area contributed by atoms with Crippen LogP contribution in [-0.2, 0) is 14.8 Å². The molecule has 6 nitrogen and oxygen atoms in total. The summed E-state index contributed by atoms with van der Waals surface area (Å²) in [6.45, 7) is 4.95. The van der Waals surface area contributed by atoms with Crippen molar-refractivity contribution in [2.45, 2.75) is 26.3 Å². The molecule has 0 aliphatic carbocycles. The van der Waals surface area contributed by atoms with Crippen molar-refractivity contribution in [1.82, 2.24) is 9.62 Å². The third kappa shape index (κ3) is 6.04. The third-order valence-electron chi connectivity index (χ3n) is 2.28. The molecule has 1 atom stereocenters. The van der Waals surface area contributed by atoms with E-state index in [9.17, 15) is 13.2 Å². The first kappa shape index (κ1) is 15.3. The molecule has 0 aromatic rings. The Morgan fingerprint density at radius 1 is 1.50 bits per heavy atom. The van der Waals surface area contributed by atoms with Gasteiger partial charge in [0.2, 0.25) is 15.9 Å². The van der Waals surface area contributed by atoms with Crippen LogP contribution in [0.15, 0.2) is 0 Å². The fraction of sp³-hybridized carbons (Fsp3) is 0.889. The number of hydrogen-bond donors (Lipinski definition) is 2. The quantitative estimate of drug-likeness (QED) is 0.548. The predicted octanol–water partition coefficient (Wildman–Crippen LogP) is -0.879. The zero-order valence-electron chi connectivity index (χ0n) is 10.1. The average Bonchev–Trinajstić information content (AvgIpc) is 2.15. The highest BCUT2D eigenvalue weighted by Crippen LogP contribution is 1.98. The Kier molecular flexibility index (Phi) is 6.54. The standard InChI is InChI=1S/C9H21N3O3S/c1-4-12(16(3,14)15)7-5-6-11-8(2)9(10)13/h8,11H,4-7H2,1-3H3,(H2,10,13). The Hall–Kier alpha value is -0.660. The number of primary amides is 1. The molecule has 1 amide bonds. The molecule has 0 bridgehead atoms. The van der Waals surface area contributed by atoms with Gasteiger partial charge in [-0.15, -0.1) is 0 Å². The largest absolute Gasteiger partial charge is 0.368 e. The van der Waals surface area contributed by atoms with Crippen molar-refractivity contribution >= 4 is 15.9 Å². The van der Waals surface area contributed by atoms with E-state index < -0.39 is 15.9 Å². The summed E-state index contributed by atoms with van der Waals surface area (Å²) >= 11 is 0. The summed E-state index contributed by atoms with van der Waals surface area (Å²) in [6, 6.07) is -0.381. The lowest BCUT2D eigenvalue weighted by atomic mass is 10.3. The molecule has 0 radical (unpaired) electrons. The minimum Gasteiger partial charge on any atom is -0.368 e. The molecule has 0 aromatic carbocycles.